The number of nitrogens with zero attached hydrogens (tertiary/aromatic N) is 1. The first-order valence-corrected chi connectivity index (χ1v) is 7.80. The third-order valence-electron chi connectivity index (χ3n) is 4.26. The molecule has 25 heavy (non-hydrogen) atoms. The van der Waals surface area contributed by atoms with Crippen LogP contribution in [0.3, 0.4) is 0 Å². The van der Waals surface area contributed by atoms with E-state index >= 15 is 0 Å². The van der Waals surface area contributed by atoms with E-state index in [9.17, 15) is 23.2 Å². The molecule has 0 saturated carbocycles. The molecule has 1 fully saturated rings. The topological polar surface area (TPSA) is 75.7 Å². The summed E-state index contributed by atoms with van der Waals surface area (Å²) in [6, 6.07) is 5.36. The zero-order valence-electron chi connectivity index (χ0n) is 13.2. The Labute approximate surface area is 142 Å². The number of carbonyl (C=O) groups excluding carboxylic acids is 3. The third kappa shape index (κ3) is 3.67. The van der Waals surface area contributed by atoms with Crippen molar-refractivity contribution in [2.24, 2.45) is 11.8 Å². The van der Waals surface area contributed by atoms with E-state index in [4.69, 9.17) is 0 Å². The normalized spacial score (nSPS) is 22.3. The number of halogens is 2. The van der Waals surface area contributed by atoms with Crippen LogP contribution in [0.5, 0.6) is 5.75 Å². The molecule has 1 heterocycles. The van der Waals surface area contributed by atoms with Gasteiger partial charge in [0.1, 0.15) is 12.3 Å². The van der Waals surface area contributed by atoms with Gasteiger partial charge in [0.25, 0.3) is 0 Å². The van der Waals surface area contributed by atoms with Crippen molar-refractivity contribution in [3.8, 4) is 5.75 Å². The number of nitrogens with one attached hydrogen (secondary N) is 1. The Hall–Kier alpha value is -2.77. The van der Waals surface area contributed by atoms with Gasteiger partial charge in [0.2, 0.25) is 17.7 Å². The summed E-state index contributed by atoms with van der Waals surface area (Å²) in [4.78, 5) is 37.7. The Morgan fingerprint density at radius 3 is 2.20 bits per heavy atom. The molecule has 0 bridgehead atoms. The maximum Gasteiger partial charge on any atom is 0.387 e. The smallest absolute Gasteiger partial charge is 0.387 e. The number of ether oxygens (including phenoxy) is 1. The van der Waals surface area contributed by atoms with Crippen molar-refractivity contribution in [2.45, 2.75) is 19.5 Å². The number of carbonyl (C=O) groups is 3. The Morgan fingerprint density at radius 1 is 1.12 bits per heavy atom. The van der Waals surface area contributed by atoms with Crippen LogP contribution in [0.4, 0.5) is 14.5 Å². The van der Waals surface area contributed by atoms with E-state index in [1.54, 1.807) is 0 Å². The highest BCUT2D eigenvalue weighted by molar-refractivity contribution is 6.08. The molecule has 2 atom stereocenters. The van der Waals surface area contributed by atoms with E-state index in [2.05, 4.69) is 10.1 Å². The van der Waals surface area contributed by atoms with Crippen molar-refractivity contribution >= 4 is 23.4 Å². The van der Waals surface area contributed by atoms with Crippen LogP contribution >= 0.6 is 0 Å². The lowest BCUT2D eigenvalue weighted by molar-refractivity contribution is -0.142. The van der Waals surface area contributed by atoms with Gasteiger partial charge in [0.15, 0.2) is 0 Å². The average Bonchev–Trinajstić information content (AvgIpc) is 2.82. The van der Waals surface area contributed by atoms with Crippen LogP contribution in [0.2, 0.25) is 0 Å². The molecule has 0 aromatic heterocycles. The molecule has 0 unspecified atom stereocenters. The second-order valence-corrected chi connectivity index (χ2v) is 5.87. The second kappa shape index (κ2) is 7.00. The van der Waals surface area contributed by atoms with Gasteiger partial charge >= 0.3 is 6.61 Å². The first kappa shape index (κ1) is 17.1. The van der Waals surface area contributed by atoms with E-state index in [1.165, 1.54) is 24.3 Å². The van der Waals surface area contributed by atoms with Crippen LogP contribution in [0.1, 0.15) is 12.8 Å². The van der Waals surface area contributed by atoms with Crippen molar-refractivity contribution in [3.63, 3.8) is 0 Å². The van der Waals surface area contributed by atoms with Gasteiger partial charge in [-0.3, -0.25) is 19.3 Å². The van der Waals surface area contributed by atoms with Gasteiger partial charge in [-0.1, -0.05) is 12.2 Å². The summed E-state index contributed by atoms with van der Waals surface area (Å²) < 4.78 is 28.4. The summed E-state index contributed by atoms with van der Waals surface area (Å²) in [6.07, 6.45) is 4.77. The average molecular weight is 350 g/mol. The van der Waals surface area contributed by atoms with Gasteiger partial charge in [-0.15, -0.1) is 0 Å². The Bertz CT molecular complexity index is 692. The summed E-state index contributed by atoms with van der Waals surface area (Å²) >= 11 is 0. The molecule has 1 aliphatic heterocycles. The third-order valence-corrected chi connectivity index (χ3v) is 4.26. The summed E-state index contributed by atoms with van der Waals surface area (Å²) in [7, 11) is 0. The van der Waals surface area contributed by atoms with E-state index in [0.717, 1.165) is 4.90 Å². The van der Waals surface area contributed by atoms with Crippen LogP contribution < -0.4 is 10.1 Å². The van der Waals surface area contributed by atoms with Crippen LogP contribution in [0, 0.1) is 11.8 Å². The second-order valence-electron chi connectivity index (χ2n) is 5.87. The number of hydrogen-bond donors (Lipinski definition) is 1. The minimum atomic E-state index is -2.93. The summed E-state index contributed by atoms with van der Waals surface area (Å²) in [5, 5.41) is 2.53. The number of rotatable bonds is 5. The molecule has 2 aliphatic rings. The standard InChI is InChI=1S/C17H16F2N2O4/c18-17(19)25-11-7-5-10(6-8-11)20-14(22)9-21-15(23)12-3-1-2-4-13(12)16(21)24/h1-2,5-8,12-13,17H,3-4,9H2,(H,20,22)/t12-,13+. The number of amides is 3. The summed E-state index contributed by atoms with van der Waals surface area (Å²) in [5.41, 5.74) is 0.352. The number of anilines is 1. The minimum absolute atomic E-state index is 0.0329. The van der Waals surface area contributed by atoms with Gasteiger partial charge in [-0.25, -0.2) is 0 Å². The van der Waals surface area contributed by atoms with Gasteiger partial charge in [0.05, 0.1) is 11.8 Å². The van der Waals surface area contributed by atoms with Gasteiger partial charge in [0, 0.05) is 5.69 Å². The van der Waals surface area contributed by atoms with E-state index < -0.39 is 12.5 Å². The van der Waals surface area contributed by atoms with Crippen LogP contribution in [-0.2, 0) is 14.4 Å². The van der Waals surface area contributed by atoms with E-state index in [1.807, 2.05) is 12.2 Å². The Balaban J connectivity index is 1.59. The number of imide groups is 1. The zero-order valence-corrected chi connectivity index (χ0v) is 13.2. The fraction of sp³-hybridized carbons (Fsp3) is 0.353. The van der Waals surface area contributed by atoms with E-state index in [0.29, 0.717) is 18.5 Å². The van der Waals surface area contributed by atoms with Crippen molar-refractivity contribution in [2.75, 3.05) is 11.9 Å². The molecule has 0 radical (unpaired) electrons. The van der Waals surface area contributed by atoms with Crippen molar-refractivity contribution in [1.82, 2.24) is 4.90 Å². The fourth-order valence-corrected chi connectivity index (χ4v) is 3.09. The lowest BCUT2D eigenvalue weighted by Crippen LogP contribution is -2.38. The number of benzene rings is 1. The molecule has 6 nitrogen and oxygen atoms in total. The Morgan fingerprint density at radius 2 is 1.68 bits per heavy atom. The fourth-order valence-electron chi connectivity index (χ4n) is 3.09. The molecule has 0 spiro atoms. The molecule has 1 aliphatic carbocycles. The minimum Gasteiger partial charge on any atom is -0.435 e. The Kier molecular flexibility index (Phi) is 4.78. The number of likely N-dealkylation sites (tertiary alicyclic amines) is 1. The molecular weight excluding hydrogens is 334 g/mol. The SMILES string of the molecule is O=C(CN1C(=O)[C@H]2CC=CC[C@H]2C1=O)Nc1ccc(OC(F)F)cc1. The predicted octanol–water partition coefficient (Wildman–Crippen LogP) is 2.18. The lowest BCUT2D eigenvalue weighted by Gasteiger charge is -2.14. The highest BCUT2D eigenvalue weighted by atomic mass is 19.3. The van der Waals surface area contributed by atoms with Crippen LogP contribution in [-0.4, -0.2) is 35.8 Å². The number of hydrogen-bond acceptors (Lipinski definition) is 4. The highest BCUT2D eigenvalue weighted by Gasteiger charge is 2.47. The first-order chi connectivity index (χ1) is 12.0. The maximum absolute atomic E-state index is 12.3. The quantitative estimate of drug-likeness (QED) is 0.652. The summed E-state index contributed by atoms with van der Waals surface area (Å²) in [6.45, 7) is -3.29. The number of fused-ring (bicyclic) bond motifs is 1. The molecule has 1 saturated heterocycles. The molecule has 1 aromatic carbocycles. The summed E-state index contributed by atoms with van der Waals surface area (Å²) in [5.74, 6) is -1.97. The molecular formula is C17H16F2N2O4. The van der Waals surface area contributed by atoms with E-state index in [-0.39, 0.29) is 35.9 Å². The van der Waals surface area contributed by atoms with Gasteiger partial charge < -0.3 is 10.1 Å². The molecule has 132 valence electrons. The molecule has 1 N–H and O–H groups in total. The van der Waals surface area contributed by atoms with Crippen molar-refractivity contribution in [3.05, 3.63) is 36.4 Å². The molecule has 3 rings (SSSR count). The number of allylic oxidation sites excluding steroid dienone is 2. The highest BCUT2D eigenvalue weighted by Crippen LogP contribution is 2.34. The monoisotopic (exact) mass is 350 g/mol. The van der Waals surface area contributed by atoms with Gasteiger partial charge in [-0.2, -0.15) is 8.78 Å². The molecule has 1 aromatic rings. The molecule has 3 amide bonds. The largest absolute Gasteiger partial charge is 0.435 e. The first-order valence-electron chi connectivity index (χ1n) is 7.80. The van der Waals surface area contributed by atoms with Crippen molar-refractivity contribution < 1.29 is 27.9 Å². The van der Waals surface area contributed by atoms with Crippen LogP contribution in [0.25, 0.3) is 0 Å². The van der Waals surface area contributed by atoms with Crippen LogP contribution in [0.15, 0.2) is 36.4 Å². The van der Waals surface area contributed by atoms with Crippen molar-refractivity contribution in [1.29, 1.82) is 0 Å². The number of alkyl halides is 2. The maximum atomic E-state index is 12.3. The lowest BCUT2D eigenvalue weighted by atomic mass is 9.85. The van der Waals surface area contributed by atoms with Gasteiger partial charge in [-0.05, 0) is 37.1 Å². The zero-order chi connectivity index (χ0) is 18.0. The predicted molar refractivity (Wildman–Crippen MR) is 83.8 cm³/mol. The molecule has 8 heteroatoms.